The van der Waals surface area contributed by atoms with E-state index in [0.717, 1.165) is 18.7 Å². The van der Waals surface area contributed by atoms with E-state index in [0.29, 0.717) is 17.3 Å². The third-order valence-corrected chi connectivity index (χ3v) is 5.38. The maximum absolute atomic E-state index is 12.7. The Morgan fingerprint density at radius 3 is 2.47 bits per heavy atom. The maximum atomic E-state index is 12.7. The smallest absolute Gasteiger partial charge is 0.292 e. The molecule has 7 heteroatoms. The third-order valence-electron chi connectivity index (χ3n) is 5.38. The lowest BCUT2D eigenvalue weighted by atomic mass is 10.1. The van der Waals surface area contributed by atoms with Gasteiger partial charge in [-0.1, -0.05) is 30.3 Å². The SMILES string of the molecule is CCn1nc(C(=O)N/N=C/c2ccc(N3CCCCC3)cc2)c2ccccc2c1=O. The Morgan fingerprint density at radius 1 is 1.07 bits per heavy atom. The number of amides is 1. The minimum absolute atomic E-state index is 0.185. The normalized spacial score (nSPS) is 14.4. The Balaban J connectivity index is 1.49. The second-order valence-electron chi connectivity index (χ2n) is 7.35. The highest BCUT2D eigenvalue weighted by atomic mass is 16.2. The number of nitrogens with one attached hydrogen (secondary N) is 1. The van der Waals surface area contributed by atoms with Crippen LogP contribution in [0.15, 0.2) is 58.4 Å². The number of anilines is 1. The van der Waals surface area contributed by atoms with Gasteiger partial charge in [-0.05, 0) is 49.9 Å². The Hall–Kier alpha value is -3.48. The van der Waals surface area contributed by atoms with E-state index in [1.54, 1.807) is 30.5 Å². The van der Waals surface area contributed by atoms with E-state index in [1.807, 2.05) is 19.1 Å². The molecular formula is C23H25N5O2. The topological polar surface area (TPSA) is 79.6 Å². The average Bonchev–Trinajstić information content (AvgIpc) is 2.80. The van der Waals surface area contributed by atoms with E-state index in [4.69, 9.17) is 0 Å². The molecule has 1 N–H and O–H groups in total. The number of hydrazone groups is 1. The molecule has 0 unspecified atom stereocenters. The van der Waals surface area contributed by atoms with Gasteiger partial charge in [-0.15, -0.1) is 0 Å². The zero-order valence-corrected chi connectivity index (χ0v) is 17.0. The van der Waals surface area contributed by atoms with Crippen molar-refractivity contribution in [1.29, 1.82) is 0 Å². The van der Waals surface area contributed by atoms with Crippen LogP contribution in [0.3, 0.4) is 0 Å². The van der Waals surface area contributed by atoms with Crippen LogP contribution < -0.4 is 15.9 Å². The van der Waals surface area contributed by atoms with Crippen LogP contribution in [0.5, 0.6) is 0 Å². The molecule has 0 bridgehead atoms. The number of rotatable bonds is 5. The monoisotopic (exact) mass is 403 g/mol. The zero-order valence-electron chi connectivity index (χ0n) is 17.0. The second-order valence-corrected chi connectivity index (χ2v) is 7.35. The predicted octanol–water partition coefficient (Wildman–Crippen LogP) is 3.17. The Kier molecular flexibility index (Phi) is 5.88. The van der Waals surface area contributed by atoms with Gasteiger partial charge >= 0.3 is 0 Å². The molecule has 1 aromatic heterocycles. The third kappa shape index (κ3) is 4.10. The second kappa shape index (κ2) is 8.90. The molecule has 1 amide bonds. The van der Waals surface area contributed by atoms with Crippen LogP contribution in [-0.2, 0) is 6.54 Å². The van der Waals surface area contributed by atoms with Crippen LogP contribution in [0.25, 0.3) is 10.8 Å². The highest BCUT2D eigenvalue weighted by Crippen LogP contribution is 2.19. The van der Waals surface area contributed by atoms with Gasteiger partial charge in [0.1, 0.15) is 0 Å². The number of benzene rings is 2. The van der Waals surface area contributed by atoms with E-state index in [2.05, 4.69) is 32.7 Å². The highest BCUT2D eigenvalue weighted by Gasteiger charge is 2.15. The molecule has 154 valence electrons. The molecule has 4 rings (SSSR count). The van der Waals surface area contributed by atoms with Crippen molar-refractivity contribution >= 4 is 28.6 Å². The number of piperidine rings is 1. The molecule has 1 fully saturated rings. The summed E-state index contributed by atoms with van der Waals surface area (Å²) in [4.78, 5) is 27.5. The molecule has 1 aliphatic rings. The lowest BCUT2D eigenvalue weighted by Gasteiger charge is -2.28. The van der Waals surface area contributed by atoms with Gasteiger partial charge < -0.3 is 4.90 Å². The number of fused-ring (bicyclic) bond motifs is 1. The predicted molar refractivity (Wildman–Crippen MR) is 119 cm³/mol. The molecule has 1 saturated heterocycles. The van der Waals surface area contributed by atoms with Crippen molar-refractivity contribution in [2.24, 2.45) is 5.10 Å². The van der Waals surface area contributed by atoms with Crippen LogP contribution in [0.4, 0.5) is 5.69 Å². The molecule has 0 spiro atoms. The largest absolute Gasteiger partial charge is 0.372 e. The number of aromatic nitrogens is 2. The van der Waals surface area contributed by atoms with Crippen molar-refractivity contribution < 1.29 is 4.79 Å². The van der Waals surface area contributed by atoms with E-state index in [-0.39, 0.29) is 11.3 Å². The molecule has 7 nitrogen and oxygen atoms in total. The summed E-state index contributed by atoms with van der Waals surface area (Å²) in [6, 6.07) is 15.1. The van der Waals surface area contributed by atoms with Gasteiger partial charge in [0.15, 0.2) is 5.69 Å². The number of nitrogens with zero attached hydrogens (tertiary/aromatic N) is 4. The Morgan fingerprint density at radius 2 is 1.77 bits per heavy atom. The number of aryl methyl sites for hydroxylation is 1. The van der Waals surface area contributed by atoms with Crippen molar-refractivity contribution in [1.82, 2.24) is 15.2 Å². The van der Waals surface area contributed by atoms with Gasteiger partial charge in [-0.3, -0.25) is 9.59 Å². The molecule has 30 heavy (non-hydrogen) atoms. The quantitative estimate of drug-likeness (QED) is 0.524. The van der Waals surface area contributed by atoms with Gasteiger partial charge in [-0.25, -0.2) is 10.1 Å². The minimum Gasteiger partial charge on any atom is -0.372 e. The molecule has 0 aliphatic carbocycles. The molecule has 2 aromatic carbocycles. The fraction of sp³-hybridized carbons (Fsp3) is 0.304. The Bertz CT molecular complexity index is 1130. The average molecular weight is 403 g/mol. The van der Waals surface area contributed by atoms with E-state index >= 15 is 0 Å². The first kappa shape index (κ1) is 19.8. The summed E-state index contributed by atoms with van der Waals surface area (Å²) in [5, 5.41) is 9.29. The van der Waals surface area contributed by atoms with Gasteiger partial charge in [-0.2, -0.15) is 10.2 Å². The highest BCUT2D eigenvalue weighted by molar-refractivity contribution is 6.04. The number of hydrogen-bond acceptors (Lipinski definition) is 5. The summed E-state index contributed by atoms with van der Waals surface area (Å²) in [6.45, 7) is 4.40. The van der Waals surface area contributed by atoms with Crippen LogP contribution in [0.2, 0.25) is 0 Å². The van der Waals surface area contributed by atoms with Crippen molar-refractivity contribution in [2.45, 2.75) is 32.7 Å². The lowest BCUT2D eigenvalue weighted by molar-refractivity contribution is 0.0949. The number of carbonyl (C=O) groups is 1. The summed E-state index contributed by atoms with van der Waals surface area (Å²) in [5.41, 5.74) is 4.62. The molecule has 0 atom stereocenters. The fourth-order valence-corrected chi connectivity index (χ4v) is 3.76. The first-order chi connectivity index (χ1) is 14.7. The van der Waals surface area contributed by atoms with Crippen molar-refractivity contribution in [3.8, 4) is 0 Å². The van der Waals surface area contributed by atoms with E-state index < -0.39 is 5.91 Å². The molecule has 2 heterocycles. The van der Waals surface area contributed by atoms with Gasteiger partial charge in [0.2, 0.25) is 0 Å². The van der Waals surface area contributed by atoms with Crippen molar-refractivity contribution in [3.05, 3.63) is 70.1 Å². The first-order valence-corrected chi connectivity index (χ1v) is 10.4. The lowest BCUT2D eigenvalue weighted by Crippen LogP contribution is -2.29. The van der Waals surface area contributed by atoms with Crippen LogP contribution >= 0.6 is 0 Å². The standard InChI is InChI=1S/C23H25N5O2/c1-2-28-23(30)20-9-5-4-8-19(20)21(26-28)22(29)25-24-16-17-10-12-18(13-11-17)27-14-6-3-7-15-27/h4-5,8-13,16H,2-3,6-7,14-15H2,1H3,(H,25,29)/b24-16+. The van der Waals surface area contributed by atoms with Gasteiger partial charge in [0, 0.05) is 30.7 Å². The van der Waals surface area contributed by atoms with Gasteiger partial charge in [0.25, 0.3) is 11.5 Å². The minimum atomic E-state index is -0.449. The summed E-state index contributed by atoms with van der Waals surface area (Å²) in [6.07, 6.45) is 5.39. The first-order valence-electron chi connectivity index (χ1n) is 10.4. The Labute approximate surface area is 175 Å². The summed E-state index contributed by atoms with van der Waals surface area (Å²) < 4.78 is 1.29. The molecule has 0 saturated carbocycles. The molecule has 1 aliphatic heterocycles. The summed E-state index contributed by atoms with van der Waals surface area (Å²) in [7, 11) is 0. The van der Waals surface area contributed by atoms with Crippen LogP contribution in [-0.4, -0.2) is 35.0 Å². The summed E-state index contributed by atoms with van der Waals surface area (Å²) >= 11 is 0. The van der Waals surface area contributed by atoms with E-state index in [1.165, 1.54) is 29.6 Å². The molecule has 0 radical (unpaired) electrons. The van der Waals surface area contributed by atoms with Crippen molar-refractivity contribution in [3.63, 3.8) is 0 Å². The summed E-state index contributed by atoms with van der Waals surface area (Å²) in [5.74, 6) is -0.449. The zero-order chi connectivity index (χ0) is 20.9. The van der Waals surface area contributed by atoms with Crippen LogP contribution in [0, 0.1) is 0 Å². The maximum Gasteiger partial charge on any atom is 0.292 e. The van der Waals surface area contributed by atoms with Crippen molar-refractivity contribution in [2.75, 3.05) is 18.0 Å². The van der Waals surface area contributed by atoms with Crippen LogP contribution in [0.1, 0.15) is 42.2 Å². The number of carbonyl (C=O) groups excluding carboxylic acids is 1. The van der Waals surface area contributed by atoms with Gasteiger partial charge in [0.05, 0.1) is 11.6 Å². The fourth-order valence-electron chi connectivity index (χ4n) is 3.76. The molecular weight excluding hydrogens is 378 g/mol. The van der Waals surface area contributed by atoms with E-state index in [9.17, 15) is 9.59 Å². The molecule has 3 aromatic rings. The number of hydrogen-bond donors (Lipinski definition) is 1.